The summed E-state index contributed by atoms with van der Waals surface area (Å²) in [7, 11) is 0. The van der Waals surface area contributed by atoms with Crippen molar-refractivity contribution in [3.63, 3.8) is 0 Å². The van der Waals surface area contributed by atoms with Crippen molar-refractivity contribution < 1.29 is 9.53 Å². The highest BCUT2D eigenvalue weighted by Gasteiger charge is 2.18. The number of ether oxygens (including phenoxy) is 1. The van der Waals surface area contributed by atoms with Gasteiger partial charge in [0.15, 0.2) is 5.13 Å². The van der Waals surface area contributed by atoms with E-state index in [1.807, 2.05) is 30.3 Å². The van der Waals surface area contributed by atoms with E-state index in [9.17, 15) is 4.79 Å². The summed E-state index contributed by atoms with van der Waals surface area (Å²) in [5.74, 6) is -0.280. The molecule has 1 fully saturated rings. The first-order valence-corrected chi connectivity index (χ1v) is 9.75. The molecule has 1 saturated heterocycles. The number of thiazole rings is 1. The first kappa shape index (κ1) is 18.3. The van der Waals surface area contributed by atoms with Gasteiger partial charge in [0, 0.05) is 36.6 Å². The maximum absolute atomic E-state index is 12.2. The highest BCUT2D eigenvalue weighted by atomic mass is 32.1. The van der Waals surface area contributed by atoms with Gasteiger partial charge in [-0.2, -0.15) is 5.10 Å². The summed E-state index contributed by atoms with van der Waals surface area (Å²) in [6, 6.07) is 13.3. The van der Waals surface area contributed by atoms with E-state index < -0.39 is 0 Å². The Kier molecular flexibility index (Phi) is 5.69. The number of carbonyl (C=O) groups is 1. The maximum Gasteiger partial charge on any atom is 0.271 e. The lowest BCUT2D eigenvalue weighted by Gasteiger charge is -2.26. The number of hydrazone groups is 1. The molecule has 1 N–H and O–H groups in total. The Morgan fingerprint density at radius 3 is 2.64 bits per heavy atom. The van der Waals surface area contributed by atoms with Gasteiger partial charge in [0.05, 0.1) is 30.0 Å². The fourth-order valence-electron chi connectivity index (χ4n) is 2.82. The fourth-order valence-corrected chi connectivity index (χ4v) is 3.83. The smallest absolute Gasteiger partial charge is 0.271 e. The Labute approximate surface area is 166 Å². The van der Waals surface area contributed by atoms with Crippen LogP contribution in [-0.4, -0.2) is 48.4 Å². The Hall–Kier alpha value is -3.10. The minimum atomic E-state index is -0.280. The maximum atomic E-state index is 12.2. The number of benzene rings is 1. The van der Waals surface area contributed by atoms with Crippen LogP contribution in [0.3, 0.4) is 0 Å². The number of carbonyl (C=O) groups excluding carboxylic acids is 1. The summed E-state index contributed by atoms with van der Waals surface area (Å²) >= 11 is 1.56. The number of morpholine rings is 1. The molecule has 1 aromatic carbocycles. The van der Waals surface area contributed by atoms with Crippen molar-refractivity contribution in [1.29, 1.82) is 0 Å². The zero-order valence-corrected chi connectivity index (χ0v) is 15.9. The van der Waals surface area contributed by atoms with Gasteiger partial charge in [-0.1, -0.05) is 41.7 Å². The summed E-state index contributed by atoms with van der Waals surface area (Å²) in [5, 5.41) is 5.08. The molecular formula is C20H19N5O2S. The van der Waals surface area contributed by atoms with Crippen molar-refractivity contribution in [2.75, 3.05) is 31.2 Å². The zero-order chi connectivity index (χ0) is 19.2. The Bertz CT molecular complexity index is 953. The molecule has 0 spiro atoms. The normalized spacial score (nSPS) is 14.4. The molecule has 0 radical (unpaired) electrons. The molecule has 3 heterocycles. The van der Waals surface area contributed by atoms with Crippen LogP contribution in [0.5, 0.6) is 0 Å². The summed E-state index contributed by atoms with van der Waals surface area (Å²) in [4.78, 5) is 24.0. The molecule has 0 aliphatic carbocycles. The van der Waals surface area contributed by atoms with Crippen molar-refractivity contribution in [1.82, 2.24) is 15.4 Å². The van der Waals surface area contributed by atoms with Crippen LogP contribution in [-0.2, 0) is 4.74 Å². The number of anilines is 1. The molecule has 2 aromatic heterocycles. The summed E-state index contributed by atoms with van der Waals surface area (Å²) in [6.07, 6.45) is 4.80. The average molecular weight is 393 g/mol. The first-order chi connectivity index (χ1) is 13.8. The van der Waals surface area contributed by atoms with Gasteiger partial charge >= 0.3 is 0 Å². The van der Waals surface area contributed by atoms with Crippen molar-refractivity contribution >= 4 is 28.6 Å². The van der Waals surface area contributed by atoms with Crippen LogP contribution >= 0.6 is 11.3 Å². The lowest BCUT2D eigenvalue weighted by Crippen LogP contribution is -2.36. The second-order valence-corrected chi connectivity index (χ2v) is 7.12. The highest BCUT2D eigenvalue weighted by Crippen LogP contribution is 2.32. The standard InChI is InChI=1S/C20H19N5O2S/c26-19(16-6-8-21-9-7-16)24-22-14-17-18(15-4-2-1-3-5-15)23-20(28-17)25-10-12-27-13-11-25/h1-9,14H,10-13H2,(H,24,26)/b22-14+. The fraction of sp³-hybridized carbons (Fsp3) is 0.200. The second-order valence-electron chi connectivity index (χ2n) is 6.11. The van der Waals surface area contributed by atoms with Crippen LogP contribution in [0.1, 0.15) is 15.2 Å². The topological polar surface area (TPSA) is 79.7 Å². The van der Waals surface area contributed by atoms with Crippen molar-refractivity contribution in [3.8, 4) is 11.3 Å². The minimum Gasteiger partial charge on any atom is -0.378 e. The molecule has 0 saturated carbocycles. The van der Waals surface area contributed by atoms with Crippen LogP contribution in [0.15, 0.2) is 60.0 Å². The molecule has 8 heteroatoms. The lowest BCUT2D eigenvalue weighted by atomic mass is 10.1. The molecule has 28 heavy (non-hydrogen) atoms. The van der Waals surface area contributed by atoms with E-state index in [0.29, 0.717) is 18.8 Å². The number of hydrogen-bond donors (Lipinski definition) is 1. The molecule has 3 aromatic rings. The van der Waals surface area contributed by atoms with Crippen LogP contribution in [0.2, 0.25) is 0 Å². The molecule has 1 amide bonds. The molecule has 0 bridgehead atoms. The molecule has 1 aliphatic rings. The largest absolute Gasteiger partial charge is 0.378 e. The van der Waals surface area contributed by atoms with Gasteiger partial charge in [-0.15, -0.1) is 0 Å². The van der Waals surface area contributed by atoms with E-state index in [4.69, 9.17) is 9.72 Å². The SMILES string of the molecule is O=C(N/N=C/c1sc(N2CCOCC2)nc1-c1ccccc1)c1ccncc1. The third kappa shape index (κ3) is 4.24. The van der Waals surface area contributed by atoms with Gasteiger partial charge in [-0.05, 0) is 12.1 Å². The van der Waals surface area contributed by atoms with E-state index in [2.05, 4.69) is 20.4 Å². The molecule has 0 unspecified atom stereocenters. The predicted molar refractivity (Wildman–Crippen MR) is 110 cm³/mol. The molecule has 7 nitrogen and oxygen atoms in total. The molecule has 1 aliphatic heterocycles. The predicted octanol–water partition coefficient (Wildman–Crippen LogP) is 2.81. The van der Waals surface area contributed by atoms with Gasteiger partial charge < -0.3 is 9.64 Å². The van der Waals surface area contributed by atoms with E-state index in [-0.39, 0.29) is 5.91 Å². The number of nitrogens with one attached hydrogen (secondary N) is 1. The molecule has 0 atom stereocenters. The van der Waals surface area contributed by atoms with E-state index >= 15 is 0 Å². The third-order valence-corrected chi connectivity index (χ3v) is 5.31. The number of nitrogens with zero attached hydrogens (tertiary/aromatic N) is 4. The van der Waals surface area contributed by atoms with Gasteiger partial charge in [0.1, 0.15) is 0 Å². The van der Waals surface area contributed by atoms with Crippen molar-refractivity contribution in [3.05, 3.63) is 65.3 Å². The quantitative estimate of drug-likeness (QED) is 0.533. The van der Waals surface area contributed by atoms with Crippen LogP contribution < -0.4 is 10.3 Å². The van der Waals surface area contributed by atoms with E-state index in [1.165, 1.54) is 0 Å². The first-order valence-electron chi connectivity index (χ1n) is 8.93. The second kappa shape index (κ2) is 8.73. The number of pyridine rings is 1. The molecular weight excluding hydrogens is 374 g/mol. The van der Waals surface area contributed by atoms with E-state index in [0.717, 1.165) is 34.4 Å². The van der Waals surface area contributed by atoms with Gasteiger partial charge in [0.2, 0.25) is 0 Å². The zero-order valence-electron chi connectivity index (χ0n) is 15.1. The summed E-state index contributed by atoms with van der Waals surface area (Å²) in [6.45, 7) is 3.03. The van der Waals surface area contributed by atoms with Crippen molar-refractivity contribution in [2.45, 2.75) is 0 Å². The number of hydrogen-bond acceptors (Lipinski definition) is 7. The lowest BCUT2D eigenvalue weighted by molar-refractivity contribution is 0.0955. The van der Waals surface area contributed by atoms with Gasteiger partial charge in [0.25, 0.3) is 5.91 Å². The Morgan fingerprint density at radius 2 is 1.89 bits per heavy atom. The number of aromatic nitrogens is 2. The van der Waals surface area contributed by atoms with Crippen molar-refractivity contribution in [2.24, 2.45) is 5.10 Å². The molecule has 4 rings (SSSR count). The summed E-state index contributed by atoms with van der Waals surface area (Å²) < 4.78 is 5.43. The summed E-state index contributed by atoms with van der Waals surface area (Å²) in [5.41, 5.74) is 4.94. The molecule has 142 valence electrons. The Morgan fingerprint density at radius 1 is 1.14 bits per heavy atom. The number of amides is 1. The Balaban J connectivity index is 1.57. The third-order valence-electron chi connectivity index (χ3n) is 4.26. The van der Waals surface area contributed by atoms with Gasteiger partial charge in [-0.25, -0.2) is 10.4 Å². The highest BCUT2D eigenvalue weighted by molar-refractivity contribution is 7.17. The van der Waals surface area contributed by atoms with Crippen LogP contribution in [0.4, 0.5) is 5.13 Å². The van der Waals surface area contributed by atoms with Gasteiger partial charge in [-0.3, -0.25) is 9.78 Å². The minimum absolute atomic E-state index is 0.280. The number of rotatable bonds is 5. The van der Waals surface area contributed by atoms with Crippen LogP contribution in [0, 0.1) is 0 Å². The van der Waals surface area contributed by atoms with E-state index in [1.54, 1.807) is 42.1 Å². The van der Waals surface area contributed by atoms with Crippen LogP contribution in [0.25, 0.3) is 11.3 Å². The monoisotopic (exact) mass is 393 g/mol. The average Bonchev–Trinajstić information content (AvgIpc) is 3.20.